The zero-order valence-electron chi connectivity index (χ0n) is 12.5. The summed E-state index contributed by atoms with van der Waals surface area (Å²) in [7, 11) is 0. The molecule has 7 heteroatoms. The lowest BCUT2D eigenvalue weighted by Gasteiger charge is -2.32. The molecular weight excluding hydrogens is 350 g/mol. The lowest BCUT2D eigenvalue weighted by Crippen LogP contribution is -2.47. The Morgan fingerprint density at radius 3 is 3.00 bits per heavy atom. The first-order valence-electron chi connectivity index (χ1n) is 7.25. The molecule has 120 valence electrons. The highest BCUT2D eigenvalue weighted by Gasteiger charge is 2.24. The number of carbonyl (C=O) groups excluding carboxylic acids is 2. The fourth-order valence-electron chi connectivity index (χ4n) is 2.33. The third-order valence-electron chi connectivity index (χ3n) is 3.33. The lowest BCUT2D eigenvalue weighted by molar-refractivity contribution is -0.123. The zero-order valence-corrected chi connectivity index (χ0v) is 14.1. The number of rotatable bonds is 4. The van der Waals surface area contributed by atoms with Gasteiger partial charge in [-0.05, 0) is 24.6 Å². The summed E-state index contributed by atoms with van der Waals surface area (Å²) in [5.74, 6) is -0.305. The summed E-state index contributed by atoms with van der Waals surface area (Å²) < 4.78 is 6.78. The number of carbonyl (C=O) groups is 2. The van der Waals surface area contributed by atoms with E-state index in [4.69, 9.17) is 4.74 Å². The second-order valence-electron chi connectivity index (χ2n) is 5.06. The number of ether oxygens (including phenoxy) is 1. The van der Waals surface area contributed by atoms with Crippen LogP contribution >= 0.6 is 15.9 Å². The monoisotopic (exact) mass is 369 g/mol. The van der Waals surface area contributed by atoms with Crippen LogP contribution in [0.2, 0.25) is 0 Å². The number of hydrogen-bond donors (Lipinski definition) is 2. The number of nitrogens with one attached hydrogen (secondary N) is 2. The van der Waals surface area contributed by atoms with Crippen LogP contribution < -0.4 is 10.6 Å². The van der Waals surface area contributed by atoms with E-state index in [1.165, 1.54) is 0 Å². The molecule has 1 atom stereocenters. The van der Waals surface area contributed by atoms with E-state index in [0.717, 1.165) is 10.0 Å². The summed E-state index contributed by atoms with van der Waals surface area (Å²) in [5.41, 5.74) is 1.07. The molecule has 2 rings (SSSR count). The molecule has 6 nitrogen and oxygen atoms in total. The standard InChI is InChI=1S/C15H20BrN3O3/c1-2-17-15(21)18-14(20)10-19-6-7-22-13(9-19)11-4-3-5-12(16)8-11/h3-5,8,13H,2,6-7,9-10H2,1H3,(H2,17,18,20,21)/t13-/m0/s1. The fraction of sp³-hybridized carbons (Fsp3) is 0.467. The van der Waals surface area contributed by atoms with Crippen molar-refractivity contribution in [1.82, 2.24) is 15.5 Å². The van der Waals surface area contributed by atoms with Gasteiger partial charge in [0.25, 0.3) is 0 Å². The molecule has 0 bridgehead atoms. The van der Waals surface area contributed by atoms with Gasteiger partial charge >= 0.3 is 6.03 Å². The van der Waals surface area contributed by atoms with Crippen molar-refractivity contribution in [1.29, 1.82) is 0 Å². The van der Waals surface area contributed by atoms with Gasteiger partial charge in [0.2, 0.25) is 5.91 Å². The first-order valence-corrected chi connectivity index (χ1v) is 8.05. The molecule has 1 aliphatic rings. The minimum Gasteiger partial charge on any atom is -0.371 e. The van der Waals surface area contributed by atoms with E-state index in [0.29, 0.717) is 26.2 Å². The van der Waals surface area contributed by atoms with E-state index in [1.807, 2.05) is 29.2 Å². The van der Waals surface area contributed by atoms with E-state index >= 15 is 0 Å². The highest BCUT2D eigenvalue weighted by atomic mass is 79.9. The van der Waals surface area contributed by atoms with Gasteiger partial charge in [-0.15, -0.1) is 0 Å². The summed E-state index contributed by atoms with van der Waals surface area (Å²) in [5, 5.41) is 4.85. The largest absolute Gasteiger partial charge is 0.371 e. The van der Waals surface area contributed by atoms with Gasteiger partial charge in [0.05, 0.1) is 19.3 Å². The van der Waals surface area contributed by atoms with Gasteiger partial charge in [0.1, 0.15) is 0 Å². The number of hydrogen-bond acceptors (Lipinski definition) is 4. The van der Waals surface area contributed by atoms with E-state index in [-0.39, 0.29) is 18.6 Å². The molecule has 0 aromatic heterocycles. The molecular formula is C15H20BrN3O3. The third-order valence-corrected chi connectivity index (χ3v) is 3.82. The van der Waals surface area contributed by atoms with Crippen molar-refractivity contribution in [2.45, 2.75) is 13.0 Å². The van der Waals surface area contributed by atoms with Gasteiger partial charge in [0.15, 0.2) is 0 Å². The second kappa shape index (κ2) is 8.26. The minimum atomic E-state index is -0.454. The molecule has 1 fully saturated rings. The molecule has 22 heavy (non-hydrogen) atoms. The van der Waals surface area contributed by atoms with E-state index in [9.17, 15) is 9.59 Å². The van der Waals surface area contributed by atoms with Crippen LogP contribution in [0.5, 0.6) is 0 Å². The molecule has 0 spiro atoms. The maximum Gasteiger partial charge on any atom is 0.321 e. The van der Waals surface area contributed by atoms with E-state index < -0.39 is 6.03 Å². The summed E-state index contributed by atoms with van der Waals surface area (Å²) in [6.07, 6.45) is -0.0662. The first-order chi connectivity index (χ1) is 10.6. The Morgan fingerprint density at radius 2 is 2.27 bits per heavy atom. The van der Waals surface area contributed by atoms with Gasteiger partial charge in [0, 0.05) is 24.1 Å². The summed E-state index contributed by atoms with van der Waals surface area (Å²) in [6, 6.07) is 7.49. The Morgan fingerprint density at radius 1 is 1.45 bits per heavy atom. The average molecular weight is 370 g/mol. The molecule has 1 saturated heterocycles. The molecule has 1 aliphatic heterocycles. The predicted molar refractivity (Wildman–Crippen MR) is 86.5 cm³/mol. The van der Waals surface area contributed by atoms with Crippen molar-refractivity contribution in [3.63, 3.8) is 0 Å². The van der Waals surface area contributed by atoms with Gasteiger partial charge < -0.3 is 10.1 Å². The molecule has 1 heterocycles. The highest BCUT2D eigenvalue weighted by Crippen LogP contribution is 2.24. The lowest BCUT2D eigenvalue weighted by atomic mass is 10.1. The van der Waals surface area contributed by atoms with Crippen LogP contribution in [0.1, 0.15) is 18.6 Å². The van der Waals surface area contributed by atoms with Crippen molar-refractivity contribution in [3.05, 3.63) is 34.3 Å². The topological polar surface area (TPSA) is 70.7 Å². The number of urea groups is 1. The Bertz CT molecular complexity index is 539. The van der Waals surface area contributed by atoms with Crippen molar-refractivity contribution in [2.24, 2.45) is 0 Å². The summed E-state index contributed by atoms with van der Waals surface area (Å²) >= 11 is 3.45. The van der Waals surface area contributed by atoms with E-state index in [1.54, 1.807) is 6.92 Å². The SMILES string of the molecule is CCNC(=O)NC(=O)CN1CCO[C@H](c2cccc(Br)c2)C1. The van der Waals surface area contributed by atoms with E-state index in [2.05, 4.69) is 26.6 Å². The zero-order chi connectivity index (χ0) is 15.9. The molecule has 0 unspecified atom stereocenters. The molecule has 0 saturated carbocycles. The maximum absolute atomic E-state index is 11.8. The van der Waals surface area contributed by atoms with Crippen LogP contribution in [-0.2, 0) is 9.53 Å². The predicted octanol–water partition coefficient (Wildman–Crippen LogP) is 1.67. The second-order valence-corrected chi connectivity index (χ2v) is 5.97. The van der Waals surface area contributed by atoms with Crippen LogP contribution in [-0.4, -0.2) is 49.6 Å². The number of nitrogens with zero attached hydrogens (tertiary/aromatic N) is 1. The number of amides is 3. The molecule has 3 amide bonds. The van der Waals surface area contributed by atoms with Gasteiger partial charge in [-0.1, -0.05) is 28.1 Å². The molecule has 1 aromatic carbocycles. The minimum absolute atomic E-state index is 0.0662. The maximum atomic E-state index is 11.8. The van der Waals surface area contributed by atoms with Crippen LogP contribution in [0.25, 0.3) is 0 Å². The number of benzene rings is 1. The van der Waals surface area contributed by atoms with Crippen LogP contribution in [0.3, 0.4) is 0 Å². The van der Waals surface area contributed by atoms with Crippen molar-refractivity contribution in [2.75, 3.05) is 32.8 Å². The Balaban J connectivity index is 1.88. The normalized spacial score (nSPS) is 18.7. The summed E-state index contributed by atoms with van der Waals surface area (Å²) in [4.78, 5) is 25.1. The fourth-order valence-corrected chi connectivity index (χ4v) is 2.75. The Hall–Kier alpha value is -1.44. The quantitative estimate of drug-likeness (QED) is 0.846. The number of halogens is 1. The van der Waals surface area contributed by atoms with Crippen LogP contribution in [0.4, 0.5) is 4.79 Å². The van der Waals surface area contributed by atoms with Gasteiger partial charge in [-0.3, -0.25) is 15.0 Å². The van der Waals surface area contributed by atoms with Crippen molar-refractivity contribution in [3.8, 4) is 0 Å². The van der Waals surface area contributed by atoms with Crippen molar-refractivity contribution >= 4 is 27.9 Å². The molecule has 1 aromatic rings. The molecule has 0 aliphatic carbocycles. The number of morpholine rings is 1. The molecule has 0 radical (unpaired) electrons. The Labute approximate surface area is 138 Å². The highest BCUT2D eigenvalue weighted by molar-refractivity contribution is 9.10. The third kappa shape index (κ3) is 5.08. The van der Waals surface area contributed by atoms with Crippen molar-refractivity contribution < 1.29 is 14.3 Å². The first kappa shape index (κ1) is 16.9. The smallest absolute Gasteiger partial charge is 0.321 e. The van der Waals surface area contributed by atoms with Gasteiger partial charge in [-0.2, -0.15) is 0 Å². The average Bonchev–Trinajstić information content (AvgIpc) is 2.47. The van der Waals surface area contributed by atoms with Crippen LogP contribution in [0.15, 0.2) is 28.7 Å². The number of imide groups is 1. The van der Waals surface area contributed by atoms with Gasteiger partial charge in [-0.25, -0.2) is 4.79 Å². The Kier molecular flexibility index (Phi) is 6.35. The van der Waals surface area contributed by atoms with Crippen LogP contribution in [0, 0.1) is 0 Å². The molecule has 2 N–H and O–H groups in total. The summed E-state index contributed by atoms with van der Waals surface area (Å²) in [6.45, 7) is 4.33.